The fourth-order valence-electron chi connectivity index (χ4n) is 1.73. The third-order valence-corrected chi connectivity index (χ3v) is 2.66. The van der Waals surface area contributed by atoms with Crippen LogP contribution < -0.4 is 5.32 Å². The highest BCUT2D eigenvalue weighted by Gasteiger charge is 2.25. The van der Waals surface area contributed by atoms with Crippen LogP contribution in [0.1, 0.15) is 23.6 Å². The molecule has 0 aliphatic carbocycles. The Morgan fingerprint density at radius 2 is 2.06 bits per heavy atom. The van der Waals surface area contributed by atoms with Crippen LogP contribution in [0.15, 0.2) is 29.3 Å². The van der Waals surface area contributed by atoms with Gasteiger partial charge in [-0.15, -0.1) is 0 Å². The van der Waals surface area contributed by atoms with E-state index < -0.39 is 12.0 Å². The second-order valence-corrected chi connectivity index (χ2v) is 3.98. The summed E-state index contributed by atoms with van der Waals surface area (Å²) in [5.74, 6) is -1.14. The summed E-state index contributed by atoms with van der Waals surface area (Å²) in [6.45, 7) is 1.97. The molecule has 1 unspecified atom stereocenters. The number of carbonyl (C=O) groups excluding carboxylic acids is 1. The smallest absolute Gasteiger partial charge is 0.350 e. The zero-order chi connectivity index (χ0) is 12.4. The number of urea groups is 1. The molecule has 5 nitrogen and oxygen atoms in total. The standard InChI is InChI=1S/C12H12N2O3/c1-7-2-4-8(5-3-7)9-6-10(11(15)16)14-12(17)13-9/h2-5,9H,6H2,1H3,(H,13,17)(H,15,16). The fourth-order valence-corrected chi connectivity index (χ4v) is 1.73. The van der Waals surface area contributed by atoms with Gasteiger partial charge in [-0.1, -0.05) is 29.8 Å². The van der Waals surface area contributed by atoms with Gasteiger partial charge in [0.25, 0.3) is 0 Å². The van der Waals surface area contributed by atoms with E-state index in [4.69, 9.17) is 5.11 Å². The topological polar surface area (TPSA) is 78.8 Å². The molecule has 2 amide bonds. The number of hydrogen-bond acceptors (Lipinski definition) is 2. The van der Waals surface area contributed by atoms with Crippen molar-refractivity contribution in [3.05, 3.63) is 35.4 Å². The first-order valence-corrected chi connectivity index (χ1v) is 5.24. The molecule has 1 aromatic rings. The Hall–Kier alpha value is -2.17. The van der Waals surface area contributed by atoms with Crippen LogP contribution in [-0.4, -0.2) is 22.8 Å². The molecule has 5 heteroatoms. The van der Waals surface area contributed by atoms with Gasteiger partial charge in [-0.2, -0.15) is 4.99 Å². The SMILES string of the molecule is Cc1ccc(C2CC(C(=O)O)=NC(=O)N2)cc1. The highest BCUT2D eigenvalue weighted by atomic mass is 16.4. The molecule has 0 saturated heterocycles. The number of carboxylic acid groups (broad SMARTS) is 1. The lowest BCUT2D eigenvalue weighted by atomic mass is 9.99. The number of amides is 2. The van der Waals surface area contributed by atoms with Gasteiger partial charge in [-0.25, -0.2) is 9.59 Å². The maximum Gasteiger partial charge on any atom is 0.350 e. The highest BCUT2D eigenvalue weighted by molar-refractivity contribution is 6.37. The van der Waals surface area contributed by atoms with E-state index in [0.717, 1.165) is 11.1 Å². The summed E-state index contributed by atoms with van der Waals surface area (Å²) >= 11 is 0. The van der Waals surface area contributed by atoms with Gasteiger partial charge in [0.15, 0.2) is 0 Å². The first-order valence-electron chi connectivity index (χ1n) is 5.24. The van der Waals surface area contributed by atoms with Gasteiger partial charge in [-0.05, 0) is 12.5 Å². The Labute approximate surface area is 98.2 Å². The second-order valence-electron chi connectivity index (χ2n) is 3.98. The van der Waals surface area contributed by atoms with Gasteiger partial charge < -0.3 is 10.4 Å². The highest BCUT2D eigenvalue weighted by Crippen LogP contribution is 2.21. The summed E-state index contributed by atoms with van der Waals surface area (Å²) in [6.07, 6.45) is 0.212. The Morgan fingerprint density at radius 1 is 1.41 bits per heavy atom. The van der Waals surface area contributed by atoms with E-state index in [0.29, 0.717) is 0 Å². The number of nitrogens with zero attached hydrogens (tertiary/aromatic N) is 1. The van der Waals surface area contributed by atoms with Gasteiger partial charge in [0.1, 0.15) is 5.71 Å². The molecule has 0 bridgehead atoms. The number of rotatable bonds is 2. The van der Waals surface area contributed by atoms with Crippen molar-refractivity contribution in [1.29, 1.82) is 0 Å². The van der Waals surface area contributed by atoms with Crippen molar-refractivity contribution < 1.29 is 14.7 Å². The second kappa shape index (κ2) is 4.37. The molecule has 0 aromatic heterocycles. The van der Waals surface area contributed by atoms with Crippen molar-refractivity contribution in [3.63, 3.8) is 0 Å². The Kier molecular flexibility index (Phi) is 2.91. The van der Waals surface area contributed by atoms with Gasteiger partial charge >= 0.3 is 12.0 Å². The molecule has 88 valence electrons. The van der Waals surface area contributed by atoms with Gasteiger partial charge in [0.05, 0.1) is 6.04 Å². The first kappa shape index (κ1) is 11.3. The minimum atomic E-state index is -1.14. The fraction of sp³-hybridized carbons (Fsp3) is 0.250. The molecule has 2 rings (SSSR count). The largest absolute Gasteiger partial charge is 0.477 e. The Morgan fingerprint density at radius 3 is 2.65 bits per heavy atom. The summed E-state index contributed by atoms with van der Waals surface area (Å²) in [6, 6.07) is 6.70. The molecule has 0 spiro atoms. The van der Waals surface area contributed by atoms with E-state index in [1.165, 1.54) is 0 Å². The van der Waals surface area contributed by atoms with Crippen LogP contribution in [0, 0.1) is 6.92 Å². The van der Waals surface area contributed by atoms with E-state index >= 15 is 0 Å². The van der Waals surface area contributed by atoms with Crippen molar-refractivity contribution in [2.75, 3.05) is 0 Å². The van der Waals surface area contributed by atoms with Crippen LogP contribution in [0.3, 0.4) is 0 Å². The summed E-state index contributed by atoms with van der Waals surface area (Å²) < 4.78 is 0. The van der Waals surface area contributed by atoms with E-state index in [1.54, 1.807) is 0 Å². The lowest BCUT2D eigenvalue weighted by Gasteiger charge is -2.21. The zero-order valence-electron chi connectivity index (χ0n) is 9.30. The number of nitrogens with one attached hydrogen (secondary N) is 1. The molecule has 1 aliphatic rings. The quantitative estimate of drug-likeness (QED) is 0.814. The van der Waals surface area contributed by atoms with Crippen molar-refractivity contribution in [2.45, 2.75) is 19.4 Å². The number of benzene rings is 1. The molecule has 1 aromatic carbocycles. The summed E-state index contributed by atoms with van der Waals surface area (Å²) in [5.41, 5.74) is 1.90. The zero-order valence-corrected chi connectivity index (χ0v) is 9.30. The van der Waals surface area contributed by atoms with Gasteiger partial charge in [0, 0.05) is 6.42 Å². The number of aryl methyl sites for hydroxylation is 1. The minimum absolute atomic E-state index is 0.0978. The van der Waals surface area contributed by atoms with Crippen LogP contribution >= 0.6 is 0 Å². The first-order chi connectivity index (χ1) is 8.06. The van der Waals surface area contributed by atoms with Crippen molar-refractivity contribution in [2.24, 2.45) is 4.99 Å². The molecule has 17 heavy (non-hydrogen) atoms. The van der Waals surface area contributed by atoms with Crippen molar-refractivity contribution >= 4 is 17.7 Å². The van der Waals surface area contributed by atoms with Gasteiger partial charge in [-0.3, -0.25) is 0 Å². The predicted octanol–water partition coefficient (Wildman–Crippen LogP) is 1.68. The van der Waals surface area contributed by atoms with E-state index in [9.17, 15) is 9.59 Å². The van der Waals surface area contributed by atoms with Gasteiger partial charge in [0.2, 0.25) is 0 Å². The molecule has 1 aliphatic heterocycles. The molecular weight excluding hydrogens is 220 g/mol. The molecule has 2 N–H and O–H groups in total. The molecule has 0 saturated carbocycles. The Bertz CT molecular complexity index is 491. The maximum absolute atomic E-state index is 11.3. The monoisotopic (exact) mass is 232 g/mol. The van der Waals surface area contributed by atoms with E-state index in [2.05, 4.69) is 10.3 Å². The van der Waals surface area contributed by atoms with E-state index in [-0.39, 0.29) is 18.2 Å². The summed E-state index contributed by atoms with van der Waals surface area (Å²) in [4.78, 5) is 25.5. The van der Waals surface area contributed by atoms with Crippen molar-refractivity contribution in [3.8, 4) is 0 Å². The number of aliphatic carboxylic acids is 1. The van der Waals surface area contributed by atoms with Crippen LogP contribution in [0.5, 0.6) is 0 Å². The van der Waals surface area contributed by atoms with Crippen LogP contribution in [0.2, 0.25) is 0 Å². The molecular formula is C12H12N2O3. The lowest BCUT2D eigenvalue weighted by molar-refractivity contribution is -0.129. The minimum Gasteiger partial charge on any atom is -0.477 e. The average Bonchev–Trinajstić information content (AvgIpc) is 2.29. The number of carbonyl (C=O) groups is 2. The normalized spacial score (nSPS) is 19.5. The number of carboxylic acids is 1. The van der Waals surface area contributed by atoms with Crippen LogP contribution in [0.4, 0.5) is 4.79 Å². The van der Waals surface area contributed by atoms with Crippen LogP contribution in [-0.2, 0) is 4.79 Å². The maximum atomic E-state index is 11.3. The molecule has 1 atom stereocenters. The third kappa shape index (κ3) is 2.50. The predicted molar refractivity (Wildman–Crippen MR) is 62.1 cm³/mol. The van der Waals surface area contributed by atoms with Crippen LogP contribution in [0.25, 0.3) is 0 Å². The van der Waals surface area contributed by atoms with E-state index in [1.807, 2.05) is 31.2 Å². The molecule has 1 heterocycles. The molecule has 0 radical (unpaired) electrons. The number of aliphatic imine (C=N–C) groups is 1. The average molecular weight is 232 g/mol. The lowest BCUT2D eigenvalue weighted by Crippen LogP contribution is -2.35. The third-order valence-electron chi connectivity index (χ3n) is 2.66. The Balaban J connectivity index is 2.24. The summed E-state index contributed by atoms with van der Waals surface area (Å²) in [5, 5.41) is 11.5. The van der Waals surface area contributed by atoms with Crippen molar-refractivity contribution in [1.82, 2.24) is 5.32 Å². The number of hydrogen-bond donors (Lipinski definition) is 2. The molecule has 0 fully saturated rings. The summed E-state index contributed by atoms with van der Waals surface area (Å²) in [7, 11) is 0.